The number of sulfone groups is 1. The molecule has 0 spiro atoms. The Morgan fingerprint density at radius 3 is 2.47 bits per heavy atom. The number of rotatable bonds is 6. The molecule has 174 valence electrons. The van der Waals surface area contributed by atoms with Gasteiger partial charge in [-0.15, -0.1) is 0 Å². The number of hydrogen-bond donors (Lipinski definition) is 1. The Bertz CT molecular complexity index is 1090. The van der Waals surface area contributed by atoms with Crippen LogP contribution in [0, 0.1) is 5.92 Å². The van der Waals surface area contributed by atoms with Gasteiger partial charge in [-0.25, -0.2) is 13.5 Å². The maximum absolute atomic E-state index is 13.4. The Labute approximate surface area is 197 Å². The highest BCUT2D eigenvalue weighted by molar-refractivity contribution is 7.92. The number of benzene rings is 2. The summed E-state index contributed by atoms with van der Waals surface area (Å²) < 4.78 is 38.2. The van der Waals surface area contributed by atoms with Gasteiger partial charge in [0.05, 0.1) is 21.7 Å². The lowest BCUT2D eigenvalue weighted by molar-refractivity contribution is -0.180. The first-order valence-electron chi connectivity index (χ1n) is 9.94. The van der Waals surface area contributed by atoms with Gasteiger partial charge in [0, 0.05) is 29.3 Å². The lowest BCUT2D eigenvalue weighted by atomic mass is 9.83. The summed E-state index contributed by atoms with van der Waals surface area (Å²) >= 11 is 12.0. The molecule has 0 saturated carbocycles. The molecule has 2 unspecified atom stereocenters. The van der Waals surface area contributed by atoms with Gasteiger partial charge < -0.3 is 9.47 Å². The number of amides is 1. The maximum Gasteiger partial charge on any atom is 0.252 e. The second-order valence-corrected chi connectivity index (χ2v) is 11.2. The predicted molar refractivity (Wildman–Crippen MR) is 121 cm³/mol. The number of nitrogens with zero attached hydrogens (tertiary/aromatic N) is 1. The highest BCUT2D eigenvalue weighted by Gasteiger charge is 2.51. The van der Waals surface area contributed by atoms with E-state index in [9.17, 15) is 18.4 Å². The van der Waals surface area contributed by atoms with Crippen molar-refractivity contribution >= 4 is 38.9 Å². The number of carbonyl (C=O) groups excluding carboxylic acids is 1. The summed E-state index contributed by atoms with van der Waals surface area (Å²) in [5.41, 5.74) is -0.308. The molecule has 2 aromatic rings. The molecule has 0 aliphatic carbocycles. The van der Waals surface area contributed by atoms with E-state index in [2.05, 4.69) is 0 Å². The first-order valence-corrected chi connectivity index (χ1v) is 12.2. The smallest absolute Gasteiger partial charge is 0.252 e. The van der Waals surface area contributed by atoms with Crippen molar-refractivity contribution in [1.82, 2.24) is 5.06 Å². The van der Waals surface area contributed by atoms with Crippen molar-refractivity contribution in [1.29, 1.82) is 0 Å². The molecule has 1 N–H and O–H groups in total. The molecular formula is C22H25Cl2NO6S. The number of carbonyl (C=O) groups is 1. The monoisotopic (exact) mass is 501 g/mol. The quantitative estimate of drug-likeness (QED) is 0.466. The van der Waals surface area contributed by atoms with Gasteiger partial charge in [0.2, 0.25) is 0 Å². The molecule has 32 heavy (non-hydrogen) atoms. The molecule has 1 aliphatic heterocycles. The summed E-state index contributed by atoms with van der Waals surface area (Å²) in [7, 11) is -2.71. The van der Waals surface area contributed by atoms with Gasteiger partial charge in [-0.05, 0) is 56.7 Å². The summed E-state index contributed by atoms with van der Waals surface area (Å²) in [6.07, 6.45) is 0.142. The Hall–Kier alpha value is -1.84. The number of hydroxylamine groups is 2. The summed E-state index contributed by atoms with van der Waals surface area (Å²) in [6, 6.07) is 11.1. The van der Waals surface area contributed by atoms with Crippen LogP contribution >= 0.6 is 23.2 Å². The summed E-state index contributed by atoms with van der Waals surface area (Å²) in [4.78, 5) is 12.7. The Balaban J connectivity index is 1.81. The lowest BCUT2D eigenvalue weighted by Crippen LogP contribution is -2.56. The zero-order valence-corrected chi connectivity index (χ0v) is 20.2. The van der Waals surface area contributed by atoms with Crippen LogP contribution in [0.3, 0.4) is 0 Å². The van der Waals surface area contributed by atoms with E-state index < -0.39 is 32.5 Å². The zero-order valence-electron chi connectivity index (χ0n) is 17.9. The Morgan fingerprint density at radius 1 is 1.22 bits per heavy atom. The minimum Gasteiger partial charge on any atom is -0.489 e. The van der Waals surface area contributed by atoms with E-state index in [1.165, 1.54) is 19.2 Å². The van der Waals surface area contributed by atoms with Crippen LogP contribution in [0.1, 0.15) is 25.8 Å². The van der Waals surface area contributed by atoms with Gasteiger partial charge in [0.15, 0.2) is 9.84 Å². The second kappa shape index (κ2) is 9.57. The Kier molecular flexibility index (Phi) is 7.41. The second-order valence-electron chi connectivity index (χ2n) is 8.16. The van der Waals surface area contributed by atoms with Crippen molar-refractivity contribution in [3.63, 3.8) is 0 Å². The van der Waals surface area contributed by atoms with Crippen LogP contribution in [0.25, 0.3) is 0 Å². The minimum absolute atomic E-state index is 0.0652. The number of ether oxygens (including phenoxy) is 2. The third kappa shape index (κ3) is 5.21. The van der Waals surface area contributed by atoms with Gasteiger partial charge in [0.1, 0.15) is 12.4 Å². The van der Waals surface area contributed by atoms with Crippen molar-refractivity contribution in [2.24, 2.45) is 5.92 Å². The minimum atomic E-state index is -3.89. The molecule has 3 rings (SSSR count). The molecular weight excluding hydrogens is 477 g/mol. The van der Waals surface area contributed by atoms with Crippen LogP contribution in [0.5, 0.6) is 5.75 Å². The van der Waals surface area contributed by atoms with E-state index in [0.29, 0.717) is 20.9 Å². The van der Waals surface area contributed by atoms with E-state index in [0.717, 1.165) is 5.56 Å². The SMILES string of the molecule is CN(O)C(=O)C1C(S(=O)(=O)c2ccc(OCc3ccc(Cl)cc3Cl)cc2)CCOC1(C)C. The molecule has 1 saturated heterocycles. The van der Waals surface area contributed by atoms with Crippen molar-refractivity contribution in [3.05, 3.63) is 58.1 Å². The lowest BCUT2D eigenvalue weighted by Gasteiger charge is -2.42. The molecule has 10 heteroatoms. The highest BCUT2D eigenvalue weighted by atomic mass is 35.5. The molecule has 0 aromatic heterocycles. The molecule has 0 bridgehead atoms. The van der Waals surface area contributed by atoms with Gasteiger partial charge >= 0.3 is 0 Å². The molecule has 1 amide bonds. The van der Waals surface area contributed by atoms with Crippen LogP contribution in [0.2, 0.25) is 10.0 Å². The van der Waals surface area contributed by atoms with Crippen LogP contribution in [-0.4, -0.2) is 49.1 Å². The van der Waals surface area contributed by atoms with Gasteiger partial charge in [-0.1, -0.05) is 29.3 Å². The fourth-order valence-electron chi connectivity index (χ4n) is 3.83. The molecule has 1 aliphatic rings. The zero-order chi connectivity index (χ0) is 23.7. The average molecular weight is 502 g/mol. The molecule has 7 nitrogen and oxygen atoms in total. The maximum atomic E-state index is 13.4. The van der Waals surface area contributed by atoms with Gasteiger partial charge in [0.25, 0.3) is 5.91 Å². The molecule has 1 heterocycles. The van der Waals surface area contributed by atoms with E-state index >= 15 is 0 Å². The third-order valence-corrected chi connectivity index (χ3v) is 8.36. The van der Waals surface area contributed by atoms with Crippen molar-refractivity contribution in [2.75, 3.05) is 13.7 Å². The molecule has 2 atom stereocenters. The molecule has 1 fully saturated rings. The van der Waals surface area contributed by atoms with Crippen LogP contribution in [-0.2, 0) is 26.0 Å². The normalized spacial score (nSPS) is 20.6. The Morgan fingerprint density at radius 2 is 1.88 bits per heavy atom. The van der Waals surface area contributed by atoms with Gasteiger partial charge in [-0.2, -0.15) is 0 Å². The van der Waals surface area contributed by atoms with E-state index in [4.69, 9.17) is 32.7 Å². The van der Waals surface area contributed by atoms with E-state index in [-0.39, 0.29) is 24.5 Å². The number of hydrogen-bond acceptors (Lipinski definition) is 6. The van der Waals surface area contributed by atoms with Crippen LogP contribution in [0.4, 0.5) is 0 Å². The van der Waals surface area contributed by atoms with Crippen LogP contribution < -0.4 is 4.74 Å². The fraction of sp³-hybridized carbons (Fsp3) is 0.409. The third-order valence-electron chi connectivity index (χ3n) is 5.54. The van der Waals surface area contributed by atoms with Crippen LogP contribution in [0.15, 0.2) is 47.4 Å². The number of halogens is 2. The fourth-order valence-corrected chi connectivity index (χ4v) is 6.37. The predicted octanol–water partition coefficient (Wildman–Crippen LogP) is 4.38. The van der Waals surface area contributed by atoms with E-state index in [1.54, 1.807) is 44.2 Å². The summed E-state index contributed by atoms with van der Waals surface area (Å²) in [5, 5.41) is 10.1. The summed E-state index contributed by atoms with van der Waals surface area (Å²) in [6.45, 7) is 3.69. The first kappa shape index (κ1) is 24.8. The van der Waals surface area contributed by atoms with Gasteiger partial charge in [-0.3, -0.25) is 10.0 Å². The van der Waals surface area contributed by atoms with Crippen molar-refractivity contribution in [3.8, 4) is 5.75 Å². The average Bonchev–Trinajstić information content (AvgIpc) is 2.72. The molecule has 0 radical (unpaired) electrons. The highest BCUT2D eigenvalue weighted by Crippen LogP contribution is 2.38. The largest absolute Gasteiger partial charge is 0.489 e. The molecule has 2 aromatic carbocycles. The van der Waals surface area contributed by atoms with E-state index in [1.807, 2.05) is 0 Å². The standard InChI is InChI=1S/C22H25Cl2NO6S/c1-22(2)20(21(26)25(3)27)19(10-11-31-22)32(28,29)17-8-6-16(7-9-17)30-13-14-4-5-15(23)12-18(14)24/h4-9,12,19-20,27H,10-11,13H2,1-3H3. The first-order chi connectivity index (χ1) is 14.9. The topological polar surface area (TPSA) is 93.1 Å². The van der Waals surface area contributed by atoms with Crippen molar-refractivity contribution in [2.45, 2.75) is 42.6 Å². The summed E-state index contributed by atoms with van der Waals surface area (Å²) in [5.74, 6) is -1.30. The van der Waals surface area contributed by atoms with Crippen molar-refractivity contribution < 1.29 is 27.9 Å².